The summed E-state index contributed by atoms with van der Waals surface area (Å²) in [6, 6.07) is 15.7. The highest BCUT2D eigenvalue weighted by Crippen LogP contribution is 2.17. The lowest BCUT2D eigenvalue weighted by atomic mass is 10.3. The van der Waals surface area contributed by atoms with E-state index < -0.39 is 6.03 Å². The molecule has 0 atom stereocenters. The first kappa shape index (κ1) is 18.3. The van der Waals surface area contributed by atoms with Crippen molar-refractivity contribution in [1.29, 1.82) is 0 Å². The summed E-state index contributed by atoms with van der Waals surface area (Å²) in [7, 11) is 1.56. The number of carbonyl (C=O) groups excluding carboxylic acids is 2. The summed E-state index contributed by atoms with van der Waals surface area (Å²) in [5.74, 6) is 0.303. The molecule has 138 valence electrons. The highest BCUT2D eigenvalue weighted by Gasteiger charge is 2.13. The topological polar surface area (TPSA) is 105 Å². The Bertz CT molecular complexity index is 930. The van der Waals surface area contributed by atoms with Crippen LogP contribution < -0.4 is 20.7 Å². The Balaban J connectivity index is 1.51. The average Bonchev–Trinajstić information content (AvgIpc) is 3.17. The molecule has 3 aromatic rings. The Labute approximate surface area is 159 Å². The first-order chi connectivity index (χ1) is 13.1. The molecule has 0 fully saturated rings. The minimum atomic E-state index is -0.395. The molecule has 0 saturated carbocycles. The van der Waals surface area contributed by atoms with Gasteiger partial charge in [0, 0.05) is 17.4 Å². The van der Waals surface area contributed by atoms with Gasteiger partial charge in [0.15, 0.2) is 0 Å². The zero-order valence-corrected chi connectivity index (χ0v) is 15.2. The van der Waals surface area contributed by atoms with Gasteiger partial charge in [-0.1, -0.05) is 35.6 Å². The van der Waals surface area contributed by atoms with Crippen LogP contribution in [0.15, 0.2) is 54.6 Å². The molecule has 1 heterocycles. The number of benzene rings is 2. The van der Waals surface area contributed by atoms with Crippen LogP contribution in [0.3, 0.4) is 0 Å². The predicted molar refractivity (Wildman–Crippen MR) is 103 cm³/mol. The van der Waals surface area contributed by atoms with Crippen molar-refractivity contribution < 1.29 is 14.3 Å². The number of methoxy groups -OCH3 is 1. The normalized spacial score (nSPS) is 10.1. The third-order valence-electron chi connectivity index (χ3n) is 3.42. The number of nitrogens with one attached hydrogen (secondary N) is 3. The summed E-state index contributed by atoms with van der Waals surface area (Å²) in [6.07, 6.45) is 0. The molecule has 0 aliphatic carbocycles. The second kappa shape index (κ2) is 8.77. The Morgan fingerprint density at radius 3 is 2.56 bits per heavy atom. The van der Waals surface area contributed by atoms with Crippen LogP contribution in [0.4, 0.5) is 16.2 Å². The Hall–Kier alpha value is -3.46. The van der Waals surface area contributed by atoms with Crippen LogP contribution in [0, 0.1) is 0 Å². The molecule has 0 radical (unpaired) electrons. The number of amides is 3. The zero-order chi connectivity index (χ0) is 19.1. The average molecular weight is 383 g/mol. The fourth-order valence-corrected chi connectivity index (χ4v) is 2.83. The van der Waals surface area contributed by atoms with Crippen LogP contribution >= 0.6 is 11.3 Å². The molecular formula is C18H17N5O3S. The van der Waals surface area contributed by atoms with Gasteiger partial charge in [-0.3, -0.25) is 4.79 Å². The molecule has 1 aromatic heterocycles. The largest absolute Gasteiger partial charge is 0.497 e. The Morgan fingerprint density at radius 1 is 1.00 bits per heavy atom. The molecule has 0 aliphatic heterocycles. The molecule has 3 rings (SSSR count). The maximum Gasteiger partial charge on any atom is 0.319 e. The van der Waals surface area contributed by atoms with Gasteiger partial charge >= 0.3 is 6.03 Å². The van der Waals surface area contributed by atoms with Gasteiger partial charge in [-0.05, 0) is 24.3 Å². The van der Waals surface area contributed by atoms with E-state index in [4.69, 9.17) is 4.74 Å². The fraction of sp³-hybridized carbons (Fsp3) is 0.111. The van der Waals surface area contributed by atoms with Crippen LogP contribution in [0.1, 0.15) is 14.8 Å². The minimum absolute atomic E-state index is 0.159. The number of urea groups is 1. The second-order valence-corrected chi connectivity index (χ2v) is 6.42. The predicted octanol–water partition coefficient (Wildman–Crippen LogP) is 3.12. The van der Waals surface area contributed by atoms with E-state index in [1.54, 1.807) is 43.5 Å². The van der Waals surface area contributed by atoms with Gasteiger partial charge in [0.1, 0.15) is 10.8 Å². The lowest BCUT2D eigenvalue weighted by Crippen LogP contribution is -2.28. The van der Waals surface area contributed by atoms with Crippen molar-refractivity contribution in [3.63, 3.8) is 0 Å². The Morgan fingerprint density at radius 2 is 1.78 bits per heavy atom. The van der Waals surface area contributed by atoms with Crippen molar-refractivity contribution in [3.8, 4) is 5.75 Å². The molecule has 9 heteroatoms. The molecule has 0 spiro atoms. The molecule has 0 aliphatic rings. The SMILES string of the molecule is COc1cccc(NC(=O)NCc2nnc(C(=O)Nc3ccccc3)s2)c1. The molecule has 2 aromatic carbocycles. The van der Waals surface area contributed by atoms with Gasteiger partial charge in [-0.15, -0.1) is 10.2 Å². The first-order valence-electron chi connectivity index (χ1n) is 8.02. The quantitative estimate of drug-likeness (QED) is 0.606. The van der Waals surface area contributed by atoms with Crippen molar-refractivity contribution in [3.05, 3.63) is 64.6 Å². The summed E-state index contributed by atoms with van der Waals surface area (Å²) < 4.78 is 5.11. The van der Waals surface area contributed by atoms with E-state index in [9.17, 15) is 9.59 Å². The van der Waals surface area contributed by atoms with Crippen LogP contribution in [-0.2, 0) is 6.54 Å². The minimum Gasteiger partial charge on any atom is -0.497 e. The molecular weight excluding hydrogens is 366 g/mol. The van der Waals surface area contributed by atoms with Crippen LogP contribution in [-0.4, -0.2) is 29.2 Å². The second-order valence-electron chi connectivity index (χ2n) is 5.36. The molecule has 27 heavy (non-hydrogen) atoms. The molecule has 3 amide bonds. The summed E-state index contributed by atoms with van der Waals surface area (Å²) in [4.78, 5) is 24.1. The number of nitrogens with zero attached hydrogens (tertiary/aromatic N) is 2. The van der Waals surface area contributed by atoms with Crippen LogP contribution in [0.2, 0.25) is 0 Å². The van der Waals surface area contributed by atoms with E-state index in [0.29, 0.717) is 22.1 Å². The molecule has 3 N–H and O–H groups in total. The van der Waals surface area contributed by atoms with Crippen molar-refractivity contribution in [2.75, 3.05) is 17.7 Å². The van der Waals surface area contributed by atoms with Gasteiger partial charge in [-0.2, -0.15) is 0 Å². The van der Waals surface area contributed by atoms with Crippen molar-refractivity contribution in [1.82, 2.24) is 15.5 Å². The number of para-hydroxylation sites is 1. The smallest absolute Gasteiger partial charge is 0.319 e. The number of hydrogen-bond donors (Lipinski definition) is 3. The van der Waals surface area contributed by atoms with Crippen molar-refractivity contribution in [2.45, 2.75) is 6.54 Å². The third-order valence-corrected chi connectivity index (χ3v) is 4.34. The van der Waals surface area contributed by atoms with Gasteiger partial charge < -0.3 is 20.7 Å². The maximum atomic E-state index is 12.2. The van der Waals surface area contributed by atoms with Crippen molar-refractivity contribution >= 4 is 34.6 Å². The number of hydrogen-bond acceptors (Lipinski definition) is 6. The van der Waals surface area contributed by atoms with E-state index in [2.05, 4.69) is 26.1 Å². The van der Waals surface area contributed by atoms with Gasteiger partial charge in [0.25, 0.3) is 5.91 Å². The van der Waals surface area contributed by atoms with E-state index in [0.717, 1.165) is 11.3 Å². The van der Waals surface area contributed by atoms with Gasteiger partial charge in [0.2, 0.25) is 5.01 Å². The van der Waals surface area contributed by atoms with Crippen LogP contribution in [0.25, 0.3) is 0 Å². The van der Waals surface area contributed by atoms with E-state index in [-0.39, 0.29) is 17.5 Å². The summed E-state index contributed by atoms with van der Waals surface area (Å²) in [5, 5.41) is 16.6. The standard InChI is InChI=1S/C18H17N5O3S/c1-26-14-9-5-8-13(10-14)21-18(25)19-11-15-22-23-17(27-15)16(24)20-12-6-3-2-4-7-12/h2-10H,11H2,1H3,(H,20,24)(H2,19,21,25). The Kier molecular flexibility index (Phi) is 5.95. The lowest BCUT2D eigenvalue weighted by molar-refractivity contribution is 0.102. The van der Waals surface area contributed by atoms with Gasteiger partial charge in [-0.25, -0.2) is 4.79 Å². The summed E-state index contributed by atoms with van der Waals surface area (Å²) >= 11 is 1.12. The summed E-state index contributed by atoms with van der Waals surface area (Å²) in [6.45, 7) is 0.159. The van der Waals surface area contributed by atoms with E-state index in [1.165, 1.54) is 0 Å². The van der Waals surface area contributed by atoms with Crippen molar-refractivity contribution in [2.24, 2.45) is 0 Å². The lowest BCUT2D eigenvalue weighted by Gasteiger charge is -2.07. The molecule has 0 saturated heterocycles. The number of ether oxygens (including phenoxy) is 1. The zero-order valence-electron chi connectivity index (χ0n) is 14.4. The van der Waals surface area contributed by atoms with E-state index >= 15 is 0 Å². The number of carbonyl (C=O) groups is 2. The first-order valence-corrected chi connectivity index (χ1v) is 8.83. The van der Waals surface area contributed by atoms with Gasteiger partial charge in [0.05, 0.1) is 13.7 Å². The third kappa shape index (κ3) is 5.25. The molecule has 8 nitrogen and oxygen atoms in total. The fourth-order valence-electron chi connectivity index (χ4n) is 2.15. The number of anilines is 2. The van der Waals surface area contributed by atoms with Crippen LogP contribution in [0.5, 0.6) is 5.75 Å². The molecule has 0 unspecified atom stereocenters. The molecule has 0 bridgehead atoms. The maximum absolute atomic E-state index is 12.2. The number of aromatic nitrogens is 2. The number of rotatable bonds is 6. The monoisotopic (exact) mass is 383 g/mol. The summed E-state index contributed by atoms with van der Waals surface area (Å²) in [5.41, 5.74) is 1.28. The highest BCUT2D eigenvalue weighted by molar-refractivity contribution is 7.13. The van der Waals surface area contributed by atoms with E-state index in [1.807, 2.05) is 18.2 Å². The highest BCUT2D eigenvalue weighted by atomic mass is 32.1.